The monoisotopic (exact) mass is 409 g/mol. The molecule has 0 aliphatic heterocycles. The Labute approximate surface area is 170 Å². The van der Waals surface area contributed by atoms with Gasteiger partial charge in [-0.2, -0.15) is 4.98 Å². The van der Waals surface area contributed by atoms with Gasteiger partial charge in [0.15, 0.2) is 0 Å². The van der Waals surface area contributed by atoms with E-state index in [1.54, 1.807) is 0 Å². The standard InChI is InChI=1S/C21H17F2N5O2/c22-13-1-5-15(6-2-13)26-20-25-12-9-17(27-20)28(16-7-3-14(23)4-8-16)19(30)21(10-11-21)18(24)29/h1-9,12H,10-11H2,(H2,24,29)(H,25,26,27). The first-order valence-corrected chi connectivity index (χ1v) is 9.15. The van der Waals surface area contributed by atoms with Gasteiger partial charge >= 0.3 is 0 Å². The second-order valence-electron chi connectivity index (χ2n) is 6.93. The molecule has 1 fully saturated rings. The van der Waals surface area contributed by atoms with Gasteiger partial charge in [0.1, 0.15) is 22.9 Å². The maximum Gasteiger partial charge on any atom is 0.248 e. The van der Waals surface area contributed by atoms with Crippen molar-refractivity contribution in [2.75, 3.05) is 10.2 Å². The quantitative estimate of drug-likeness (QED) is 0.608. The van der Waals surface area contributed by atoms with Crippen LogP contribution in [0.1, 0.15) is 12.8 Å². The highest BCUT2D eigenvalue weighted by atomic mass is 19.1. The molecule has 0 unspecified atom stereocenters. The van der Waals surface area contributed by atoms with E-state index in [0.717, 1.165) is 0 Å². The van der Waals surface area contributed by atoms with Crippen molar-refractivity contribution in [3.63, 3.8) is 0 Å². The molecule has 9 heteroatoms. The van der Waals surface area contributed by atoms with Crippen LogP contribution in [0.5, 0.6) is 0 Å². The lowest BCUT2D eigenvalue weighted by atomic mass is 10.0. The molecule has 4 rings (SSSR count). The van der Waals surface area contributed by atoms with Gasteiger partial charge in [0.2, 0.25) is 17.8 Å². The predicted molar refractivity (Wildman–Crippen MR) is 106 cm³/mol. The molecular weight excluding hydrogens is 392 g/mol. The number of primary amides is 1. The van der Waals surface area contributed by atoms with Crippen molar-refractivity contribution in [3.8, 4) is 0 Å². The third-order valence-corrected chi connectivity index (χ3v) is 4.89. The summed E-state index contributed by atoms with van der Waals surface area (Å²) in [7, 11) is 0. The van der Waals surface area contributed by atoms with E-state index in [9.17, 15) is 18.4 Å². The average molecular weight is 409 g/mol. The molecule has 1 heterocycles. The molecule has 1 saturated carbocycles. The molecule has 2 aromatic carbocycles. The Kier molecular flexibility index (Phi) is 4.86. The second kappa shape index (κ2) is 7.51. The van der Waals surface area contributed by atoms with Crippen molar-refractivity contribution in [3.05, 3.63) is 72.4 Å². The normalized spacial score (nSPS) is 14.1. The summed E-state index contributed by atoms with van der Waals surface area (Å²) in [6, 6.07) is 12.3. The fourth-order valence-electron chi connectivity index (χ4n) is 3.04. The Hall–Kier alpha value is -3.88. The van der Waals surface area contributed by atoms with Gasteiger partial charge in [0, 0.05) is 18.0 Å². The van der Waals surface area contributed by atoms with Gasteiger partial charge < -0.3 is 11.1 Å². The van der Waals surface area contributed by atoms with E-state index in [2.05, 4.69) is 15.3 Å². The molecule has 3 N–H and O–H groups in total. The minimum absolute atomic E-state index is 0.156. The van der Waals surface area contributed by atoms with Crippen molar-refractivity contribution in [2.24, 2.45) is 11.1 Å². The fraction of sp³-hybridized carbons (Fsp3) is 0.143. The van der Waals surface area contributed by atoms with Crippen molar-refractivity contribution >= 4 is 35.0 Å². The van der Waals surface area contributed by atoms with Gasteiger partial charge in [0.05, 0.1) is 5.69 Å². The van der Waals surface area contributed by atoms with E-state index in [1.807, 2.05) is 0 Å². The number of rotatable bonds is 6. The SMILES string of the molecule is NC(=O)C1(C(=O)N(c2ccc(F)cc2)c2ccnc(Nc3ccc(F)cc3)n2)CC1. The number of carbonyl (C=O) groups excluding carboxylic acids is 2. The van der Waals surface area contributed by atoms with E-state index in [0.29, 0.717) is 24.2 Å². The van der Waals surface area contributed by atoms with Gasteiger partial charge in [-0.1, -0.05) is 0 Å². The lowest BCUT2D eigenvalue weighted by Gasteiger charge is -2.25. The van der Waals surface area contributed by atoms with E-state index >= 15 is 0 Å². The maximum atomic E-state index is 13.4. The Bertz CT molecular complexity index is 1100. The molecule has 0 bridgehead atoms. The zero-order valence-electron chi connectivity index (χ0n) is 15.7. The summed E-state index contributed by atoms with van der Waals surface area (Å²) in [6.07, 6.45) is 2.11. The van der Waals surface area contributed by atoms with Crippen LogP contribution in [-0.4, -0.2) is 21.8 Å². The van der Waals surface area contributed by atoms with Crippen LogP contribution in [0.15, 0.2) is 60.8 Å². The van der Waals surface area contributed by atoms with Crippen molar-refractivity contribution in [1.29, 1.82) is 0 Å². The lowest BCUT2D eigenvalue weighted by molar-refractivity contribution is -0.133. The molecule has 1 aliphatic rings. The number of hydrogen-bond acceptors (Lipinski definition) is 5. The highest BCUT2D eigenvalue weighted by molar-refractivity contribution is 6.16. The smallest absolute Gasteiger partial charge is 0.248 e. The molecular formula is C21H17F2N5O2. The van der Waals surface area contributed by atoms with Crippen molar-refractivity contribution < 1.29 is 18.4 Å². The number of nitrogens with one attached hydrogen (secondary N) is 1. The Morgan fingerprint density at radius 2 is 1.57 bits per heavy atom. The molecule has 3 aromatic rings. The van der Waals surface area contributed by atoms with E-state index < -0.39 is 23.0 Å². The summed E-state index contributed by atoms with van der Waals surface area (Å²) in [5.41, 5.74) is 5.05. The summed E-state index contributed by atoms with van der Waals surface area (Å²) in [5.74, 6) is -1.76. The van der Waals surface area contributed by atoms with Gasteiger partial charge in [0.25, 0.3) is 0 Å². The van der Waals surface area contributed by atoms with E-state index in [1.165, 1.54) is 65.7 Å². The molecule has 7 nitrogen and oxygen atoms in total. The predicted octanol–water partition coefficient (Wildman–Crippen LogP) is 3.43. The number of benzene rings is 2. The van der Waals surface area contributed by atoms with Crippen LogP contribution in [0.4, 0.5) is 31.9 Å². The summed E-state index contributed by atoms with van der Waals surface area (Å²) in [4.78, 5) is 34.9. The van der Waals surface area contributed by atoms with Crippen molar-refractivity contribution in [2.45, 2.75) is 12.8 Å². The molecule has 1 aromatic heterocycles. The van der Waals surface area contributed by atoms with Gasteiger partial charge in [-0.25, -0.2) is 13.8 Å². The number of amides is 2. The number of aromatic nitrogens is 2. The van der Waals surface area contributed by atoms with Crippen LogP contribution in [0.25, 0.3) is 0 Å². The number of anilines is 4. The largest absolute Gasteiger partial charge is 0.369 e. The summed E-state index contributed by atoms with van der Waals surface area (Å²) < 4.78 is 26.5. The average Bonchev–Trinajstić information content (AvgIpc) is 3.54. The third kappa shape index (κ3) is 3.69. The van der Waals surface area contributed by atoms with E-state index in [-0.39, 0.29) is 17.6 Å². The topological polar surface area (TPSA) is 101 Å². The van der Waals surface area contributed by atoms with Crippen LogP contribution in [-0.2, 0) is 9.59 Å². The maximum absolute atomic E-state index is 13.4. The number of nitrogens with two attached hydrogens (primary N) is 1. The van der Waals surface area contributed by atoms with Crippen LogP contribution < -0.4 is 16.0 Å². The van der Waals surface area contributed by atoms with Gasteiger partial charge in [-0.15, -0.1) is 0 Å². The molecule has 0 radical (unpaired) electrons. The molecule has 0 spiro atoms. The zero-order valence-corrected chi connectivity index (χ0v) is 15.7. The molecule has 1 aliphatic carbocycles. The van der Waals surface area contributed by atoms with Gasteiger partial charge in [-0.3, -0.25) is 14.5 Å². The van der Waals surface area contributed by atoms with Crippen LogP contribution in [0.2, 0.25) is 0 Å². The van der Waals surface area contributed by atoms with Crippen LogP contribution in [0.3, 0.4) is 0 Å². The zero-order chi connectivity index (χ0) is 21.3. The number of carbonyl (C=O) groups is 2. The Balaban J connectivity index is 1.72. The Morgan fingerprint density at radius 1 is 0.967 bits per heavy atom. The fourth-order valence-corrected chi connectivity index (χ4v) is 3.04. The molecule has 0 saturated heterocycles. The van der Waals surface area contributed by atoms with Crippen LogP contribution in [0, 0.1) is 17.0 Å². The minimum Gasteiger partial charge on any atom is -0.369 e. The third-order valence-electron chi connectivity index (χ3n) is 4.89. The lowest BCUT2D eigenvalue weighted by Crippen LogP contribution is -2.41. The highest BCUT2D eigenvalue weighted by Crippen LogP contribution is 2.48. The van der Waals surface area contributed by atoms with Crippen molar-refractivity contribution in [1.82, 2.24) is 9.97 Å². The molecule has 30 heavy (non-hydrogen) atoms. The first-order valence-electron chi connectivity index (χ1n) is 9.15. The minimum atomic E-state index is -1.30. The summed E-state index contributed by atoms with van der Waals surface area (Å²) in [5, 5.41) is 2.92. The van der Waals surface area contributed by atoms with Crippen LogP contribution >= 0.6 is 0 Å². The first-order chi connectivity index (χ1) is 14.4. The summed E-state index contributed by atoms with van der Waals surface area (Å²) >= 11 is 0. The first kappa shape index (κ1) is 19.4. The summed E-state index contributed by atoms with van der Waals surface area (Å²) in [6.45, 7) is 0. The number of halogens is 2. The molecule has 2 amide bonds. The second-order valence-corrected chi connectivity index (χ2v) is 6.93. The Morgan fingerprint density at radius 3 is 2.13 bits per heavy atom. The number of nitrogens with zero attached hydrogens (tertiary/aromatic N) is 3. The number of hydrogen-bond donors (Lipinski definition) is 2. The molecule has 0 atom stereocenters. The van der Waals surface area contributed by atoms with Gasteiger partial charge in [-0.05, 0) is 61.4 Å². The molecule has 152 valence electrons. The highest BCUT2D eigenvalue weighted by Gasteiger charge is 2.57. The van der Waals surface area contributed by atoms with E-state index in [4.69, 9.17) is 5.73 Å².